The summed E-state index contributed by atoms with van der Waals surface area (Å²) in [7, 11) is 0. The van der Waals surface area contributed by atoms with Crippen LogP contribution in [-0.4, -0.2) is 45.2 Å². The van der Waals surface area contributed by atoms with Crippen LogP contribution >= 0.6 is 0 Å². The molecule has 0 bridgehead atoms. The van der Waals surface area contributed by atoms with E-state index in [-0.39, 0.29) is 23.4 Å². The fraction of sp³-hybridized carbons (Fsp3) is 0.227. The minimum atomic E-state index is -0.261. The molecule has 0 saturated carbocycles. The lowest BCUT2D eigenvalue weighted by Gasteiger charge is -2.27. The van der Waals surface area contributed by atoms with Gasteiger partial charge in [0.05, 0.1) is 16.8 Å². The monoisotopic (exact) mass is 373 g/mol. The zero-order valence-electron chi connectivity index (χ0n) is 15.3. The molecule has 6 heteroatoms. The number of amides is 1. The number of aromatic hydroxyl groups is 1. The Morgan fingerprint density at radius 3 is 2.46 bits per heavy atom. The maximum absolute atomic E-state index is 13.2. The van der Waals surface area contributed by atoms with Crippen molar-refractivity contribution >= 4 is 34.1 Å². The molecule has 2 aromatic carbocycles. The average molecular weight is 373 g/mol. The summed E-state index contributed by atoms with van der Waals surface area (Å²) in [5.41, 5.74) is 2.18. The Balaban J connectivity index is 1.69. The van der Waals surface area contributed by atoms with E-state index in [4.69, 9.17) is 0 Å². The molecular formula is C22H19N3O3. The fourth-order valence-electron chi connectivity index (χ4n) is 4.11. The normalized spacial score (nSPS) is 16.4. The number of piperidine rings is 1. The quantitative estimate of drug-likeness (QED) is 0.697. The molecule has 6 nitrogen and oxygen atoms in total. The van der Waals surface area contributed by atoms with Crippen molar-refractivity contribution in [2.75, 3.05) is 13.1 Å². The number of carbonyl (C=O) groups excluding carboxylic acids is 2. The van der Waals surface area contributed by atoms with Gasteiger partial charge < -0.3 is 10.0 Å². The molecule has 0 aliphatic carbocycles. The number of benzene rings is 2. The van der Waals surface area contributed by atoms with E-state index in [0.717, 1.165) is 19.3 Å². The molecule has 3 aromatic rings. The third-order valence-electron chi connectivity index (χ3n) is 5.50. The molecule has 0 radical (unpaired) electrons. The van der Waals surface area contributed by atoms with Gasteiger partial charge in [0.25, 0.3) is 0 Å². The smallest absolute Gasteiger partial charge is 0.331 e. The second-order valence-electron chi connectivity index (χ2n) is 7.19. The molecule has 1 N–H and O–H groups in total. The third kappa shape index (κ3) is 2.37. The molecule has 1 amide bonds. The van der Waals surface area contributed by atoms with E-state index in [2.05, 4.69) is 4.99 Å². The highest BCUT2D eigenvalue weighted by atomic mass is 16.3. The first kappa shape index (κ1) is 16.7. The number of fused-ring (bicyclic) bond motifs is 2. The lowest BCUT2D eigenvalue weighted by Crippen LogP contribution is -2.38. The van der Waals surface area contributed by atoms with Crippen LogP contribution in [0.4, 0.5) is 10.5 Å². The molecule has 1 fully saturated rings. The van der Waals surface area contributed by atoms with E-state index in [9.17, 15) is 14.7 Å². The van der Waals surface area contributed by atoms with Crippen molar-refractivity contribution < 1.29 is 14.7 Å². The molecule has 5 rings (SSSR count). The SMILES string of the molecule is O=C1C(c2c(O)n(C(=O)N3CCCCC3)c3ccccc23)=Nc2ccccc21. The summed E-state index contributed by atoms with van der Waals surface area (Å²) in [5.74, 6) is -0.462. The van der Waals surface area contributed by atoms with Crippen LogP contribution in [0.2, 0.25) is 0 Å². The van der Waals surface area contributed by atoms with Crippen molar-refractivity contribution in [3.63, 3.8) is 0 Å². The number of rotatable bonds is 1. The van der Waals surface area contributed by atoms with Crippen molar-refractivity contribution in [3.05, 3.63) is 59.7 Å². The summed E-state index contributed by atoms with van der Waals surface area (Å²) < 4.78 is 1.31. The molecular weight excluding hydrogens is 354 g/mol. The van der Waals surface area contributed by atoms with E-state index in [0.29, 0.717) is 40.8 Å². The van der Waals surface area contributed by atoms with Crippen molar-refractivity contribution in [1.82, 2.24) is 9.47 Å². The summed E-state index contributed by atoms with van der Waals surface area (Å²) >= 11 is 0. The number of hydrogen-bond acceptors (Lipinski definition) is 4. The van der Waals surface area contributed by atoms with Crippen LogP contribution in [0, 0.1) is 0 Å². The average Bonchev–Trinajstić information content (AvgIpc) is 3.22. The predicted octanol–water partition coefficient (Wildman–Crippen LogP) is 4.12. The van der Waals surface area contributed by atoms with Gasteiger partial charge in [0, 0.05) is 24.0 Å². The highest BCUT2D eigenvalue weighted by Gasteiger charge is 2.33. The van der Waals surface area contributed by atoms with Crippen LogP contribution in [0.1, 0.15) is 35.2 Å². The minimum Gasteiger partial charge on any atom is -0.494 e. The molecule has 1 aromatic heterocycles. The van der Waals surface area contributed by atoms with Crippen molar-refractivity contribution in [1.29, 1.82) is 0 Å². The first-order valence-corrected chi connectivity index (χ1v) is 9.51. The van der Waals surface area contributed by atoms with Gasteiger partial charge in [-0.15, -0.1) is 0 Å². The second kappa shape index (κ2) is 6.34. The van der Waals surface area contributed by atoms with Crippen LogP contribution in [0.5, 0.6) is 5.88 Å². The van der Waals surface area contributed by atoms with Crippen LogP contribution in [-0.2, 0) is 0 Å². The van der Waals surface area contributed by atoms with Gasteiger partial charge in [-0.25, -0.2) is 14.4 Å². The standard InChI is InChI=1S/C22H19N3O3/c26-20-14-8-2-4-10-16(14)23-19(20)18-15-9-3-5-11-17(15)25(21(18)27)22(28)24-12-6-1-7-13-24/h2-5,8-11,27H,1,6-7,12-13H2. The Bertz CT molecular complexity index is 1150. The molecule has 0 unspecified atom stereocenters. The molecule has 140 valence electrons. The van der Waals surface area contributed by atoms with Gasteiger partial charge in [0.15, 0.2) is 0 Å². The largest absolute Gasteiger partial charge is 0.494 e. The Morgan fingerprint density at radius 1 is 0.964 bits per heavy atom. The molecule has 0 atom stereocenters. The number of aromatic nitrogens is 1. The molecule has 28 heavy (non-hydrogen) atoms. The van der Waals surface area contributed by atoms with E-state index in [1.807, 2.05) is 24.3 Å². The summed E-state index contributed by atoms with van der Waals surface area (Å²) in [5, 5.41) is 11.7. The van der Waals surface area contributed by atoms with Crippen molar-refractivity contribution in [2.24, 2.45) is 4.99 Å². The third-order valence-corrected chi connectivity index (χ3v) is 5.50. The van der Waals surface area contributed by atoms with E-state index < -0.39 is 0 Å². The highest BCUT2D eigenvalue weighted by Crippen LogP contribution is 2.37. The number of aliphatic imine (C=N–C) groups is 1. The van der Waals surface area contributed by atoms with Crippen LogP contribution in [0.15, 0.2) is 53.5 Å². The molecule has 0 spiro atoms. The van der Waals surface area contributed by atoms with E-state index in [1.54, 1.807) is 29.2 Å². The first-order chi connectivity index (χ1) is 13.7. The molecule has 1 saturated heterocycles. The summed E-state index contributed by atoms with van der Waals surface area (Å²) in [6.45, 7) is 1.34. The van der Waals surface area contributed by atoms with Gasteiger partial charge in [-0.1, -0.05) is 30.3 Å². The summed E-state index contributed by atoms with van der Waals surface area (Å²) in [6.07, 6.45) is 3.02. The van der Waals surface area contributed by atoms with E-state index >= 15 is 0 Å². The fourth-order valence-corrected chi connectivity index (χ4v) is 4.11. The van der Waals surface area contributed by atoms with Gasteiger partial charge in [-0.2, -0.15) is 0 Å². The number of Topliss-reactive ketones (excluding diaryl/α,β-unsaturated/α-hetero) is 1. The van der Waals surface area contributed by atoms with Crippen molar-refractivity contribution in [2.45, 2.75) is 19.3 Å². The Labute approximate surface area is 161 Å². The van der Waals surface area contributed by atoms with E-state index in [1.165, 1.54) is 4.57 Å². The number of hydrogen-bond donors (Lipinski definition) is 1. The van der Waals surface area contributed by atoms with Gasteiger partial charge in [-0.05, 0) is 37.5 Å². The maximum atomic E-state index is 13.2. The van der Waals surface area contributed by atoms with Crippen molar-refractivity contribution in [3.8, 4) is 5.88 Å². The Hall–Kier alpha value is -3.41. The van der Waals surface area contributed by atoms with Gasteiger partial charge >= 0.3 is 6.03 Å². The Morgan fingerprint density at radius 2 is 1.68 bits per heavy atom. The summed E-state index contributed by atoms with van der Waals surface area (Å²) in [4.78, 5) is 32.3. The van der Waals surface area contributed by atoms with Gasteiger partial charge in [0.2, 0.25) is 11.7 Å². The minimum absolute atomic E-state index is 0.181. The second-order valence-corrected chi connectivity index (χ2v) is 7.19. The van der Waals surface area contributed by atoms with Crippen LogP contribution in [0.3, 0.4) is 0 Å². The van der Waals surface area contributed by atoms with Crippen LogP contribution < -0.4 is 0 Å². The topological polar surface area (TPSA) is 74.9 Å². The Kier molecular flexibility index (Phi) is 3.79. The highest BCUT2D eigenvalue weighted by molar-refractivity contribution is 6.56. The predicted molar refractivity (Wildman–Crippen MR) is 107 cm³/mol. The number of para-hydroxylation sites is 2. The van der Waals surface area contributed by atoms with Crippen LogP contribution in [0.25, 0.3) is 10.9 Å². The maximum Gasteiger partial charge on any atom is 0.331 e. The first-order valence-electron chi connectivity index (χ1n) is 9.51. The van der Waals surface area contributed by atoms with Gasteiger partial charge in [-0.3, -0.25) is 4.79 Å². The zero-order valence-corrected chi connectivity index (χ0v) is 15.3. The zero-order chi connectivity index (χ0) is 19.3. The number of likely N-dealkylation sites (tertiary alicyclic amines) is 1. The molecule has 2 aliphatic heterocycles. The number of carbonyl (C=O) groups is 2. The molecule has 2 aliphatic rings. The lowest BCUT2D eigenvalue weighted by molar-refractivity contribution is 0.107. The summed E-state index contributed by atoms with van der Waals surface area (Å²) in [6, 6.07) is 14.1. The molecule has 3 heterocycles. The lowest BCUT2D eigenvalue weighted by atomic mass is 10.0. The van der Waals surface area contributed by atoms with Gasteiger partial charge in [0.1, 0.15) is 5.71 Å². The number of ketones is 1. The number of nitrogens with zero attached hydrogens (tertiary/aromatic N) is 3.